The Labute approximate surface area is 111 Å². The van der Waals surface area contributed by atoms with Gasteiger partial charge in [-0.15, -0.1) is 0 Å². The normalized spacial score (nSPS) is 10.0. The first-order chi connectivity index (χ1) is 9.13. The molecule has 4 heteroatoms. The predicted octanol–water partition coefficient (Wildman–Crippen LogP) is 2.47. The van der Waals surface area contributed by atoms with Crippen molar-refractivity contribution in [1.29, 1.82) is 0 Å². The largest absolute Gasteiger partial charge is 0.497 e. The number of carbonyl (C=O) groups excluding carboxylic acids is 1. The van der Waals surface area contributed by atoms with Crippen molar-refractivity contribution >= 4 is 5.91 Å². The Morgan fingerprint density at radius 3 is 1.84 bits per heavy atom. The number of carbonyl (C=O) groups is 1. The minimum absolute atomic E-state index is 0.435. The third kappa shape index (κ3) is 2.85. The molecule has 0 saturated carbocycles. The fourth-order valence-corrected chi connectivity index (χ4v) is 1.80. The molecular formula is C15H15NO3. The lowest BCUT2D eigenvalue weighted by atomic mass is 10.0. The highest BCUT2D eigenvalue weighted by molar-refractivity contribution is 5.93. The lowest BCUT2D eigenvalue weighted by Gasteiger charge is -2.09. The van der Waals surface area contributed by atoms with Gasteiger partial charge < -0.3 is 15.2 Å². The van der Waals surface area contributed by atoms with Crippen molar-refractivity contribution in [1.82, 2.24) is 0 Å². The van der Waals surface area contributed by atoms with Crippen LogP contribution in [0.1, 0.15) is 10.4 Å². The molecule has 0 aliphatic rings. The lowest BCUT2D eigenvalue weighted by Crippen LogP contribution is -2.10. The molecular weight excluding hydrogens is 242 g/mol. The van der Waals surface area contributed by atoms with E-state index in [1.54, 1.807) is 32.4 Å². The molecule has 19 heavy (non-hydrogen) atoms. The first-order valence-corrected chi connectivity index (χ1v) is 5.77. The monoisotopic (exact) mass is 257 g/mol. The zero-order valence-corrected chi connectivity index (χ0v) is 10.8. The van der Waals surface area contributed by atoms with Crippen LogP contribution < -0.4 is 15.2 Å². The molecule has 0 bridgehead atoms. The minimum atomic E-state index is -0.435. The minimum Gasteiger partial charge on any atom is -0.497 e. The highest BCUT2D eigenvalue weighted by Crippen LogP contribution is 2.29. The Morgan fingerprint density at radius 1 is 0.895 bits per heavy atom. The third-order valence-electron chi connectivity index (χ3n) is 2.85. The summed E-state index contributed by atoms with van der Waals surface area (Å²) in [5.74, 6) is 0.997. The standard InChI is InChI=1S/C15H15NO3/c1-18-13-7-12(8-14(9-13)19-2)10-3-5-11(6-4-10)15(16)17/h3-9H,1-2H3,(H2,16,17). The maximum Gasteiger partial charge on any atom is 0.248 e. The molecule has 2 aromatic rings. The van der Waals surface area contributed by atoms with Crippen molar-refractivity contribution in [2.75, 3.05) is 14.2 Å². The van der Waals surface area contributed by atoms with Crippen LogP contribution in [0.5, 0.6) is 11.5 Å². The van der Waals surface area contributed by atoms with E-state index in [2.05, 4.69) is 0 Å². The van der Waals surface area contributed by atoms with Gasteiger partial charge in [0.2, 0.25) is 5.91 Å². The van der Waals surface area contributed by atoms with Crippen molar-refractivity contribution in [2.45, 2.75) is 0 Å². The van der Waals surface area contributed by atoms with Gasteiger partial charge in [-0.2, -0.15) is 0 Å². The number of hydrogen-bond donors (Lipinski definition) is 1. The van der Waals surface area contributed by atoms with Crippen molar-refractivity contribution in [3.8, 4) is 22.6 Å². The van der Waals surface area contributed by atoms with Crippen LogP contribution in [-0.2, 0) is 0 Å². The molecule has 2 aromatic carbocycles. The topological polar surface area (TPSA) is 61.6 Å². The van der Waals surface area contributed by atoms with Gasteiger partial charge in [-0.25, -0.2) is 0 Å². The summed E-state index contributed by atoms with van der Waals surface area (Å²) in [6.45, 7) is 0. The molecule has 0 saturated heterocycles. The second kappa shape index (κ2) is 5.44. The third-order valence-corrected chi connectivity index (χ3v) is 2.85. The van der Waals surface area contributed by atoms with Gasteiger partial charge in [0.1, 0.15) is 11.5 Å². The van der Waals surface area contributed by atoms with E-state index in [1.807, 2.05) is 24.3 Å². The van der Waals surface area contributed by atoms with E-state index >= 15 is 0 Å². The van der Waals surface area contributed by atoms with Gasteiger partial charge in [0.15, 0.2) is 0 Å². The number of nitrogens with two attached hydrogens (primary N) is 1. The summed E-state index contributed by atoms with van der Waals surface area (Å²) >= 11 is 0. The summed E-state index contributed by atoms with van der Waals surface area (Å²) < 4.78 is 10.5. The Hall–Kier alpha value is -2.49. The van der Waals surface area contributed by atoms with Crippen molar-refractivity contribution in [3.05, 3.63) is 48.0 Å². The number of amides is 1. The van der Waals surface area contributed by atoms with E-state index in [9.17, 15) is 4.79 Å². The van der Waals surface area contributed by atoms with Crippen molar-refractivity contribution < 1.29 is 14.3 Å². The Morgan fingerprint density at radius 2 is 1.42 bits per heavy atom. The van der Waals surface area contributed by atoms with Crippen LogP contribution in [0.2, 0.25) is 0 Å². The summed E-state index contributed by atoms with van der Waals surface area (Å²) in [5, 5.41) is 0. The molecule has 0 heterocycles. The number of ether oxygens (including phenoxy) is 2. The average molecular weight is 257 g/mol. The smallest absolute Gasteiger partial charge is 0.248 e. The summed E-state index contributed by atoms with van der Waals surface area (Å²) in [6.07, 6.45) is 0. The first-order valence-electron chi connectivity index (χ1n) is 5.77. The van der Waals surface area contributed by atoms with Crippen LogP contribution in [0.25, 0.3) is 11.1 Å². The Balaban J connectivity index is 2.42. The molecule has 0 aliphatic carbocycles. The molecule has 0 radical (unpaired) electrons. The molecule has 0 aliphatic heterocycles. The van der Waals surface area contributed by atoms with Gasteiger partial charge in [-0.3, -0.25) is 4.79 Å². The van der Waals surface area contributed by atoms with Crippen molar-refractivity contribution in [3.63, 3.8) is 0 Å². The van der Waals surface area contributed by atoms with E-state index < -0.39 is 5.91 Å². The molecule has 4 nitrogen and oxygen atoms in total. The molecule has 1 amide bonds. The highest BCUT2D eigenvalue weighted by Gasteiger charge is 2.05. The average Bonchev–Trinajstić information content (AvgIpc) is 2.46. The fourth-order valence-electron chi connectivity index (χ4n) is 1.80. The quantitative estimate of drug-likeness (QED) is 0.915. The molecule has 2 N–H and O–H groups in total. The van der Waals surface area contributed by atoms with E-state index in [-0.39, 0.29) is 0 Å². The Kier molecular flexibility index (Phi) is 3.71. The molecule has 2 rings (SSSR count). The number of benzene rings is 2. The van der Waals surface area contributed by atoms with E-state index in [0.29, 0.717) is 17.1 Å². The maximum atomic E-state index is 11.0. The molecule has 0 atom stereocenters. The number of hydrogen-bond acceptors (Lipinski definition) is 3. The molecule has 0 aromatic heterocycles. The van der Waals surface area contributed by atoms with E-state index in [1.165, 1.54) is 0 Å². The fraction of sp³-hybridized carbons (Fsp3) is 0.133. The van der Waals surface area contributed by atoms with Crippen LogP contribution in [0, 0.1) is 0 Å². The number of rotatable bonds is 4. The second-order valence-electron chi connectivity index (χ2n) is 4.04. The van der Waals surface area contributed by atoms with Gasteiger partial charge >= 0.3 is 0 Å². The Bertz CT molecular complexity index is 569. The molecule has 0 spiro atoms. The summed E-state index contributed by atoms with van der Waals surface area (Å²) in [5.41, 5.74) is 7.61. The van der Waals surface area contributed by atoms with Gasteiger partial charge in [0.05, 0.1) is 14.2 Å². The van der Waals surface area contributed by atoms with Crippen LogP contribution in [-0.4, -0.2) is 20.1 Å². The SMILES string of the molecule is COc1cc(OC)cc(-c2ccc(C(N)=O)cc2)c1. The molecule has 98 valence electrons. The summed E-state index contributed by atoms with van der Waals surface area (Å²) in [6, 6.07) is 12.7. The van der Waals surface area contributed by atoms with Gasteiger partial charge in [-0.1, -0.05) is 12.1 Å². The second-order valence-corrected chi connectivity index (χ2v) is 4.04. The van der Waals surface area contributed by atoms with Gasteiger partial charge in [0, 0.05) is 11.6 Å². The lowest BCUT2D eigenvalue weighted by molar-refractivity contribution is 0.100. The van der Waals surface area contributed by atoms with Gasteiger partial charge in [-0.05, 0) is 35.4 Å². The predicted molar refractivity (Wildman–Crippen MR) is 73.5 cm³/mol. The zero-order valence-electron chi connectivity index (χ0n) is 10.8. The first kappa shape index (κ1) is 13.0. The van der Waals surface area contributed by atoms with Crippen LogP contribution >= 0.6 is 0 Å². The summed E-state index contributed by atoms with van der Waals surface area (Å²) in [4.78, 5) is 11.0. The molecule has 0 unspecified atom stereocenters. The maximum absolute atomic E-state index is 11.0. The van der Waals surface area contributed by atoms with Crippen LogP contribution in [0.15, 0.2) is 42.5 Å². The van der Waals surface area contributed by atoms with Gasteiger partial charge in [0.25, 0.3) is 0 Å². The van der Waals surface area contributed by atoms with E-state index in [0.717, 1.165) is 11.1 Å². The van der Waals surface area contributed by atoms with E-state index in [4.69, 9.17) is 15.2 Å². The number of primary amides is 1. The highest BCUT2D eigenvalue weighted by atomic mass is 16.5. The zero-order chi connectivity index (χ0) is 13.8. The summed E-state index contributed by atoms with van der Waals surface area (Å²) in [7, 11) is 3.21. The van der Waals surface area contributed by atoms with Crippen molar-refractivity contribution in [2.24, 2.45) is 5.73 Å². The van der Waals surface area contributed by atoms with Crippen LogP contribution in [0.3, 0.4) is 0 Å². The number of methoxy groups -OCH3 is 2. The van der Waals surface area contributed by atoms with Crippen LogP contribution in [0.4, 0.5) is 0 Å². The molecule has 0 fully saturated rings.